The molecule has 0 spiro atoms. The lowest BCUT2D eigenvalue weighted by atomic mass is 10.1. The third kappa shape index (κ3) is 2.10. The van der Waals surface area contributed by atoms with E-state index in [1.807, 2.05) is 12.1 Å². The Labute approximate surface area is 126 Å². The quantitative estimate of drug-likeness (QED) is 0.895. The molecule has 0 fully saturated rings. The van der Waals surface area contributed by atoms with E-state index in [0.717, 1.165) is 16.6 Å². The number of carbonyl (C=O) groups is 1. The van der Waals surface area contributed by atoms with Crippen molar-refractivity contribution in [3.63, 3.8) is 0 Å². The zero-order valence-electron chi connectivity index (χ0n) is 11.0. The Hall–Kier alpha value is -1.81. The van der Waals surface area contributed by atoms with E-state index in [0.29, 0.717) is 11.6 Å². The molecular formula is C16H14BrNO2. The molecule has 1 atom stereocenters. The monoisotopic (exact) mass is 331 g/mol. The first-order valence-corrected chi connectivity index (χ1v) is 7.27. The molecule has 102 valence electrons. The zero-order chi connectivity index (χ0) is 14.3. The van der Waals surface area contributed by atoms with Crippen LogP contribution in [0.3, 0.4) is 0 Å². The smallest absolute Gasteiger partial charge is 0.335 e. The van der Waals surface area contributed by atoms with E-state index in [4.69, 9.17) is 5.11 Å². The average molecular weight is 332 g/mol. The maximum Gasteiger partial charge on any atom is 0.335 e. The van der Waals surface area contributed by atoms with Gasteiger partial charge in [-0.3, -0.25) is 0 Å². The van der Waals surface area contributed by atoms with Crippen LogP contribution >= 0.6 is 15.9 Å². The molecule has 20 heavy (non-hydrogen) atoms. The zero-order valence-corrected chi connectivity index (χ0v) is 12.6. The first-order chi connectivity index (χ1) is 9.58. The van der Waals surface area contributed by atoms with Gasteiger partial charge in [-0.1, -0.05) is 18.2 Å². The Morgan fingerprint density at radius 1 is 1.25 bits per heavy atom. The van der Waals surface area contributed by atoms with Gasteiger partial charge in [0.25, 0.3) is 0 Å². The lowest BCUT2D eigenvalue weighted by Crippen LogP contribution is -2.24. The number of hydrogen-bond acceptors (Lipinski definition) is 2. The fourth-order valence-corrected chi connectivity index (χ4v) is 3.34. The fraction of sp³-hybridized carbons (Fsp3) is 0.188. The van der Waals surface area contributed by atoms with Gasteiger partial charge >= 0.3 is 5.97 Å². The molecule has 2 aromatic rings. The molecule has 0 radical (unpaired) electrons. The van der Waals surface area contributed by atoms with Crippen LogP contribution in [0.5, 0.6) is 0 Å². The number of nitrogens with zero attached hydrogens (tertiary/aromatic N) is 1. The van der Waals surface area contributed by atoms with Crippen LogP contribution in [0.25, 0.3) is 0 Å². The summed E-state index contributed by atoms with van der Waals surface area (Å²) in [6.45, 7) is 2.18. The number of halogens is 1. The highest BCUT2D eigenvalue weighted by atomic mass is 79.9. The number of carboxylic acids is 1. The van der Waals surface area contributed by atoms with Gasteiger partial charge in [0.2, 0.25) is 0 Å². The SMILES string of the molecule is CC1Cc2ccccc2N1c1ccc(C(=O)O)cc1Br. The highest BCUT2D eigenvalue weighted by Crippen LogP contribution is 2.41. The number of fused-ring (bicyclic) bond motifs is 1. The summed E-state index contributed by atoms with van der Waals surface area (Å²) in [5, 5.41) is 9.04. The van der Waals surface area contributed by atoms with Gasteiger partial charge in [0, 0.05) is 16.2 Å². The summed E-state index contributed by atoms with van der Waals surface area (Å²) in [4.78, 5) is 13.3. The second kappa shape index (κ2) is 4.94. The van der Waals surface area contributed by atoms with Crippen molar-refractivity contribution in [2.45, 2.75) is 19.4 Å². The largest absolute Gasteiger partial charge is 0.478 e. The van der Waals surface area contributed by atoms with Crippen molar-refractivity contribution in [3.05, 3.63) is 58.1 Å². The molecule has 3 rings (SSSR count). The minimum Gasteiger partial charge on any atom is -0.478 e. The van der Waals surface area contributed by atoms with Gasteiger partial charge in [-0.05, 0) is 59.1 Å². The highest BCUT2D eigenvalue weighted by molar-refractivity contribution is 9.10. The molecule has 1 heterocycles. The van der Waals surface area contributed by atoms with Crippen LogP contribution in [0, 0.1) is 0 Å². The third-order valence-electron chi connectivity index (χ3n) is 3.66. The summed E-state index contributed by atoms with van der Waals surface area (Å²) in [5.41, 5.74) is 3.83. The Bertz CT molecular complexity index is 684. The van der Waals surface area contributed by atoms with Crippen LogP contribution in [-0.2, 0) is 6.42 Å². The number of para-hydroxylation sites is 1. The molecular weight excluding hydrogens is 318 g/mol. The molecule has 4 heteroatoms. The van der Waals surface area contributed by atoms with Crippen molar-refractivity contribution < 1.29 is 9.90 Å². The molecule has 0 saturated heterocycles. The summed E-state index contributed by atoms with van der Waals surface area (Å²) in [6, 6.07) is 13.9. The summed E-state index contributed by atoms with van der Waals surface area (Å²) >= 11 is 3.50. The maximum atomic E-state index is 11.0. The van der Waals surface area contributed by atoms with Gasteiger partial charge in [-0.15, -0.1) is 0 Å². The number of carboxylic acid groups (broad SMARTS) is 1. The molecule has 0 aromatic heterocycles. The number of rotatable bonds is 2. The fourth-order valence-electron chi connectivity index (χ4n) is 2.77. The topological polar surface area (TPSA) is 40.5 Å². The van der Waals surface area contributed by atoms with Crippen molar-refractivity contribution >= 4 is 33.3 Å². The van der Waals surface area contributed by atoms with Crippen molar-refractivity contribution in [2.75, 3.05) is 4.90 Å². The van der Waals surface area contributed by atoms with Gasteiger partial charge in [0.15, 0.2) is 0 Å². The second-order valence-corrected chi connectivity index (χ2v) is 5.88. The van der Waals surface area contributed by atoms with E-state index >= 15 is 0 Å². The molecule has 1 N–H and O–H groups in total. The Balaban J connectivity index is 2.07. The van der Waals surface area contributed by atoms with E-state index in [1.165, 1.54) is 11.3 Å². The highest BCUT2D eigenvalue weighted by Gasteiger charge is 2.28. The molecule has 3 nitrogen and oxygen atoms in total. The Kier molecular flexibility index (Phi) is 3.26. The van der Waals surface area contributed by atoms with E-state index < -0.39 is 5.97 Å². The van der Waals surface area contributed by atoms with Crippen LogP contribution in [-0.4, -0.2) is 17.1 Å². The summed E-state index contributed by atoms with van der Waals surface area (Å²) in [5.74, 6) is -0.910. The normalized spacial score (nSPS) is 17.1. The molecule has 2 aromatic carbocycles. The van der Waals surface area contributed by atoms with Gasteiger partial charge in [-0.25, -0.2) is 4.79 Å². The number of benzene rings is 2. The molecule has 1 unspecified atom stereocenters. The van der Waals surface area contributed by atoms with E-state index in [-0.39, 0.29) is 0 Å². The predicted octanol–water partition coefficient (Wildman–Crippen LogP) is 4.23. The van der Waals surface area contributed by atoms with Crippen LogP contribution in [0.4, 0.5) is 11.4 Å². The third-order valence-corrected chi connectivity index (χ3v) is 4.30. The molecule has 0 amide bonds. The lowest BCUT2D eigenvalue weighted by molar-refractivity contribution is 0.0697. The standard InChI is InChI=1S/C16H14BrNO2/c1-10-8-11-4-2-3-5-14(11)18(10)15-7-6-12(16(19)20)9-13(15)17/h2-7,9-10H,8H2,1H3,(H,19,20). The summed E-state index contributed by atoms with van der Waals surface area (Å²) in [7, 11) is 0. The first-order valence-electron chi connectivity index (χ1n) is 6.48. The molecule has 0 saturated carbocycles. The minimum absolute atomic E-state index is 0.292. The molecule has 1 aliphatic rings. The minimum atomic E-state index is -0.910. The molecule has 0 aliphatic carbocycles. The van der Waals surface area contributed by atoms with Crippen molar-refractivity contribution in [1.82, 2.24) is 0 Å². The lowest BCUT2D eigenvalue weighted by Gasteiger charge is -2.26. The van der Waals surface area contributed by atoms with Crippen LogP contribution in [0.1, 0.15) is 22.8 Å². The van der Waals surface area contributed by atoms with Gasteiger partial charge in [-0.2, -0.15) is 0 Å². The van der Waals surface area contributed by atoms with Crippen molar-refractivity contribution in [1.29, 1.82) is 0 Å². The maximum absolute atomic E-state index is 11.0. The molecule has 1 aliphatic heterocycles. The van der Waals surface area contributed by atoms with Gasteiger partial charge < -0.3 is 10.0 Å². The Morgan fingerprint density at radius 2 is 2.00 bits per heavy atom. The van der Waals surface area contributed by atoms with E-state index in [2.05, 4.69) is 46.0 Å². The van der Waals surface area contributed by atoms with Crippen molar-refractivity contribution in [3.8, 4) is 0 Å². The van der Waals surface area contributed by atoms with Crippen molar-refractivity contribution in [2.24, 2.45) is 0 Å². The van der Waals surface area contributed by atoms with Crippen LogP contribution < -0.4 is 4.90 Å². The number of aromatic carboxylic acids is 1. The Morgan fingerprint density at radius 3 is 2.70 bits per heavy atom. The van der Waals surface area contributed by atoms with Gasteiger partial charge in [0.1, 0.15) is 0 Å². The van der Waals surface area contributed by atoms with Crippen LogP contribution in [0.2, 0.25) is 0 Å². The predicted molar refractivity (Wildman–Crippen MR) is 82.8 cm³/mol. The van der Waals surface area contributed by atoms with E-state index in [1.54, 1.807) is 12.1 Å². The second-order valence-electron chi connectivity index (χ2n) is 5.02. The summed E-state index contributed by atoms with van der Waals surface area (Å²) < 4.78 is 0.806. The van der Waals surface area contributed by atoms with E-state index in [9.17, 15) is 4.79 Å². The summed E-state index contributed by atoms with van der Waals surface area (Å²) in [6.07, 6.45) is 1.00. The first kappa shape index (κ1) is 13.2. The van der Waals surface area contributed by atoms with Gasteiger partial charge in [0.05, 0.1) is 11.3 Å². The van der Waals surface area contributed by atoms with Crippen LogP contribution in [0.15, 0.2) is 46.9 Å². The molecule has 0 bridgehead atoms. The number of anilines is 2. The number of hydrogen-bond donors (Lipinski definition) is 1. The average Bonchev–Trinajstić information content (AvgIpc) is 2.74.